The van der Waals surface area contributed by atoms with Crippen molar-refractivity contribution in [3.63, 3.8) is 0 Å². The third kappa shape index (κ3) is 4.63. The summed E-state index contributed by atoms with van der Waals surface area (Å²) >= 11 is 1.41. The van der Waals surface area contributed by atoms with E-state index in [9.17, 15) is 14.9 Å². The molecule has 192 valence electrons. The first-order valence-corrected chi connectivity index (χ1v) is 13.3. The molecule has 38 heavy (non-hydrogen) atoms. The van der Waals surface area contributed by atoms with Crippen LogP contribution in [-0.4, -0.2) is 32.0 Å². The summed E-state index contributed by atoms with van der Waals surface area (Å²) in [6.45, 7) is 9.17. The molecule has 0 aliphatic carbocycles. The van der Waals surface area contributed by atoms with Crippen molar-refractivity contribution in [1.29, 1.82) is 0 Å². The predicted molar refractivity (Wildman–Crippen MR) is 155 cm³/mol. The van der Waals surface area contributed by atoms with Gasteiger partial charge in [-0.1, -0.05) is 48.5 Å². The van der Waals surface area contributed by atoms with Crippen LogP contribution in [0.5, 0.6) is 0 Å². The van der Waals surface area contributed by atoms with Crippen molar-refractivity contribution in [2.24, 2.45) is 4.99 Å². The molecule has 4 aromatic rings. The van der Waals surface area contributed by atoms with Crippen molar-refractivity contribution in [3.8, 4) is 0 Å². The number of amides is 1. The number of amidine groups is 1. The number of aryl methyl sites for hydroxylation is 2. The highest BCUT2D eigenvalue weighted by Gasteiger charge is 2.33. The van der Waals surface area contributed by atoms with Gasteiger partial charge in [0.1, 0.15) is 0 Å². The van der Waals surface area contributed by atoms with E-state index in [0.717, 1.165) is 44.5 Å². The average Bonchev–Trinajstić information content (AvgIpc) is 3.35. The summed E-state index contributed by atoms with van der Waals surface area (Å²) in [6, 6.07) is 20.8. The molecule has 1 aliphatic heterocycles. The molecule has 0 atom stereocenters. The number of rotatable bonds is 6. The summed E-state index contributed by atoms with van der Waals surface area (Å²) in [7, 11) is 0. The van der Waals surface area contributed by atoms with Crippen LogP contribution in [0.25, 0.3) is 17.0 Å². The molecule has 1 aliphatic rings. The Hall–Kier alpha value is -4.17. The first kappa shape index (κ1) is 25.5. The Bertz CT molecular complexity index is 1610. The minimum absolute atomic E-state index is 0.0471. The van der Waals surface area contributed by atoms with E-state index in [1.807, 2.05) is 64.1 Å². The van der Waals surface area contributed by atoms with Crippen molar-refractivity contribution in [1.82, 2.24) is 9.47 Å². The van der Waals surface area contributed by atoms with Gasteiger partial charge in [-0.3, -0.25) is 19.8 Å². The lowest BCUT2D eigenvalue weighted by molar-refractivity contribution is -0.384. The normalized spacial score (nSPS) is 15.8. The highest BCUT2D eigenvalue weighted by Crippen LogP contribution is 2.38. The Labute approximate surface area is 225 Å². The number of likely N-dealkylation sites (N-methyl/N-ethyl adjacent to an activating group) is 1. The van der Waals surface area contributed by atoms with Crippen molar-refractivity contribution in [3.05, 3.63) is 110 Å². The number of para-hydroxylation sites is 2. The summed E-state index contributed by atoms with van der Waals surface area (Å²) in [5.74, 6) is -0.0471. The Balaban J connectivity index is 1.55. The number of benzene rings is 3. The Morgan fingerprint density at radius 3 is 2.32 bits per heavy atom. The van der Waals surface area contributed by atoms with Gasteiger partial charge in [-0.05, 0) is 68.3 Å². The monoisotopic (exact) mass is 524 g/mol. The number of nitrogens with zero attached hydrogens (tertiary/aromatic N) is 4. The number of hydrogen-bond donors (Lipinski definition) is 0. The van der Waals surface area contributed by atoms with Gasteiger partial charge in [0.25, 0.3) is 11.6 Å². The maximum absolute atomic E-state index is 13.4. The van der Waals surface area contributed by atoms with Crippen LogP contribution < -0.4 is 0 Å². The first-order valence-electron chi connectivity index (χ1n) is 12.5. The number of hydrogen-bond acceptors (Lipinski definition) is 5. The summed E-state index contributed by atoms with van der Waals surface area (Å²) < 4.78 is 2.19. The number of nitro groups is 1. The molecule has 5 rings (SSSR count). The van der Waals surface area contributed by atoms with Crippen LogP contribution in [0, 0.1) is 30.9 Å². The van der Waals surface area contributed by atoms with Gasteiger partial charge >= 0.3 is 0 Å². The fourth-order valence-corrected chi connectivity index (χ4v) is 5.86. The highest BCUT2D eigenvalue weighted by molar-refractivity contribution is 8.18. The van der Waals surface area contributed by atoms with Crippen LogP contribution in [0.15, 0.2) is 76.6 Å². The van der Waals surface area contributed by atoms with Gasteiger partial charge in [-0.25, -0.2) is 4.99 Å². The molecule has 1 amide bonds. The van der Waals surface area contributed by atoms with Crippen LogP contribution in [0.3, 0.4) is 0 Å². The van der Waals surface area contributed by atoms with Crippen LogP contribution >= 0.6 is 11.8 Å². The van der Waals surface area contributed by atoms with Crippen molar-refractivity contribution in [2.45, 2.75) is 34.2 Å². The van der Waals surface area contributed by atoms with E-state index in [0.29, 0.717) is 23.2 Å². The maximum atomic E-state index is 13.4. The zero-order valence-corrected chi connectivity index (χ0v) is 22.6. The minimum Gasteiger partial charge on any atom is -0.340 e. The molecule has 7 nitrogen and oxygen atoms in total. The first-order chi connectivity index (χ1) is 18.3. The molecule has 8 heteroatoms. The van der Waals surface area contributed by atoms with E-state index in [1.54, 1.807) is 17.0 Å². The van der Waals surface area contributed by atoms with E-state index in [-0.39, 0.29) is 11.6 Å². The van der Waals surface area contributed by atoms with Crippen LogP contribution in [0.4, 0.5) is 11.4 Å². The van der Waals surface area contributed by atoms with Gasteiger partial charge in [-0.15, -0.1) is 0 Å². The zero-order valence-electron chi connectivity index (χ0n) is 21.8. The third-order valence-electron chi connectivity index (χ3n) is 6.89. The summed E-state index contributed by atoms with van der Waals surface area (Å²) in [4.78, 5) is 31.4. The number of fused-ring (bicyclic) bond motifs is 1. The molecule has 0 bridgehead atoms. The second kappa shape index (κ2) is 10.3. The van der Waals surface area contributed by atoms with E-state index >= 15 is 0 Å². The molecular weight excluding hydrogens is 496 g/mol. The molecule has 1 aromatic heterocycles. The number of nitro benzene ring substituents is 1. The topological polar surface area (TPSA) is 80.7 Å². The van der Waals surface area contributed by atoms with Crippen LogP contribution in [0.1, 0.15) is 34.9 Å². The number of carbonyl (C=O) groups is 1. The molecule has 0 radical (unpaired) electrons. The van der Waals surface area contributed by atoms with Crippen molar-refractivity contribution >= 4 is 51.2 Å². The lowest BCUT2D eigenvalue weighted by Crippen LogP contribution is -2.28. The number of non-ortho nitro benzene ring substituents is 1. The largest absolute Gasteiger partial charge is 0.340 e. The number of carbonyl (C=O) groups excluding carboxylic acids is 1. The van der Waals surface area contributed by atoms with Gasteiger partial charge in [-0.2, -0.15) is 0 Å². The van der Waals surface area contributed by atoms with Crippen molar-refractivity contribution in [2.75, 3.05) is 6.54 Å². The Morgan fingerprint density at radius 1 is 0.974 bits per heavy atom. The third-order valence-corrected chi connectivity index (χ3v) is 7.90. The number of thioether (sulfide) groups is 1. The van der Waals surface area contributed by atoms with Gasteiger partial charge in [0, 0.05) is 47.4 Å². The van der Waals surface area contributed by atoms with Crippen LogP contribution in [-0.2, 0) is 11.3 Å². The highest BCUT2D eigenvalue weighted by atomic mass is 32.2. The molecule has 0 N–H and O–H groups in total. The number of aliphatic imine (C=N–C) groups is 1. The molecule has 1 fully saturated rings. The maximum Gasteiger partial charge on any atom is 0.269 e. The molecule has 3 aromatic carbocycles. The second-order valence-electron chi connectivity index (χ2n) is 9.32. The molecule has 0 unspecified atom stereocenters. The molecule has 1 saturated heterocycles. The SMILES string of the molecule is CCN1C(=O)/C(=C\c2c(C)n(Cc3ccc([N+](=O)[O-])cc3)c3ccccc23)SC1=Nc1c(C)cccc1C. The molecule has 0 saturated carbocycles. The minimum atomic E-state index is -0.391. The van der Waals surface area contributed by atoms with E-state index in [4.69, 9.17) is 4.99 Å². The van der Waals surface area contributed by atoms with Gasteiger partial charge in [0.05, 0.1) is 15.5 Å². The van der Waals surface area contributed by atoms with E-state index in [2.05, 4.69) is 16.7 Å². The van der Waals surface area contributed by atoms with E-state index < -0.39 is 4.92 Å². The summed E-state index contributed by atoms with van der Waals surface area (Å²) in [5, 5.41) is 12.8. The fourth-order valence-electron chi connectivity index (χ4n) is 4.83. The van der Waals surface area contributed by atoms with Crippen molar-refractivity contribution < 1.29 is 9.72 Å². The predicted octanol–water partition coefficient (Wildman–Crippen LogP) is 7.15. The second-order valence-corrected chi connectivity index (χ2v) is 10.3. The standard InChI is InChI=1S/C30H28N4O3S/c1-5-32-29(35)27(38-30(32)31-28-19(2)9-8-10-20(28)3)17-25-21(4)33(26-12-7-6-11-24(25)26)18-22-13-15-23(16-14-22)34(36)37/h6-17H,5,18H2,1-4H3/b27-17+,31-30?. The summed E-state index contributed by atoms with van der Waals surface area (Å²) in [6.07, 6.45) is 1.98. The van der Waals surface area contributed by atoms with Gasteiger partial charge < -0.3 is 4.57 Å². The van der Waals surface area contributed by atoms with Gasteiger partial charge in [0.2, 0.25) is 0 Å². The Kier molecular flexibility index (Phi) is 6.91. The smallest absolute Gasteiger partial charge is 0.269 e. The lowest BCUT2D eigenvalue weighted by atomic mass is 10.1. The Morgan fingerprint density at radius 2 is 1.66 bits per heavy atom. The quantitative estimate of drug-likeness (QED) is 0.152. The van der Waals surface area contributed by atoms with Crippen LogP contribution in [0.2, 0.25) is 0 Å². The van der Waals surface area contributed by atoms with Gasteiger partial charge in [0.15, 0.2) is 5.17 Å². The zero-order chi connectivity index (χ0) is 27.0. The average molecular weight is 525 g/mol. The molecule has 2 heterocycles. The molecular formula is C30H28N4O3S. The number of aromatic nitrogens is 1. The summed E-state index contributed by atoms with van der Waals surface area (Å²) in [5.41, 5.74) is 7.14. The lowest BCUT2D eigenvalue weighted by Gasteiger charge is -2.13. The fraction of sp³-hybridized carbons (Fsp3) is 0.200. The molecule has 0 spiro atoms. The van der Waals surface area contributed by atoms with E-state index in [1.165, 1.54) is 23.9 Å².